The molecule has 0 saturated heterocycles. The lowest BCUT2D eigenvalue weighted by molar-refractivity contribution is -0.120. The molecule has 2 unspecified atom stereocenters. The Hall–Kier alpha value is -3.55. The Kier molecular flexibility index (Phi) is 4.70. The number of nitrogens with one attached hydrogen (secondary N) is 2. The number of nitrogens with zero attached hydrogens (tertiary/aromatic N) is 5. The second-order valence-electron chi connectivity index (χ2n) is 8.88. The number of aliphatic imine (C=N–C) groups is 1. The normalized spacial score (nSPS) is 24.5. The van der Waals surface area contributed by atoms with Gasteiger partial charge >= 0.3 is 0 Å². The van der Waals surface area contributed by atoms with Crippen LogP contribution in [0.15, 0.2) is 59.7 Å². The summed E-state index contributed by atoms with van der Waals surface area (Å²) in [5, 5.41) is 14.6. The maximum atomic E-state index is 13.0. The Morgan fingerprint density at radius 2 is 2.06 bits per heavy atom. The maximum absolute atomic E-state index is 13.0. The van der Waals surface area contributed by atoms with Gasteiger partial charge in [0.1, 0.15) is 12.2 Å². The zero-order valence-electron chi connectivity index (χ0n) is 17.7. The fourth-order valence-electron chi connectivity index (χ4n) is 4.26. The molecule has 2 atom stereocenters. The van der Waals surface area contributed by atoms with Crippen LogP contribution in [0.2, 0.25) is 0 Å². The molecule has 2 fully saturated rings. The van der Waals surface area contributed by atoms with Gasteiger partial charge in [-0.05, 0) is 62.5 Å². The standard InChI is InChI=1S/C24H25N7O/c32-24(22-11-21(26-13-27-22)17-6-9-20(25-12-17)15-4-5-15)29-18-3-1-2-16(10-18)23-30-28-14-31(23)19-7-8-19/h1,3,6,9-16,19,22H,2,4-5,7-8H2,(H,26,27)(H,29,32). The summed E-state index contributed by atoms with van der Waals surface area (Å²) in [6.45, 7) is 0. The van der Waals surface area contributed by atoms with Crippen LogP contribution in [-0.4, -0.2) is 38.0 Å². The number of carbonyl (C=O) groups is 1. The quantitative estimate of drug-likeness (QED) is 0.739. The van der Waals surface area contributed by atoms with Gasteiger partial charge in [0, 0.05) is 46.7 Å². The van der Waals surface area contributed by atoms with E-state index < -0.39 is 6.04 Å². The summed E-state index contributed by atoms with van der Waals surface area (Å²) in [5.74, 6) is 1.53. The first-order chi connectivity index (χ1) is 15.7. The van der Waals surface area contributed by atoms with Gasteiger partial charge in [-0.15, -0.1) is 10.2 Å². The predicted octanol–water partition coefficient (Wildman–Crippen LogP) is 2.97. The number of pyridine rings is 1. The van der Waals surface area contributed by atoms with Crippen LogP contribution in [-0.2, 0) is 4.79 Å². The van der Waals surface area contributed by atoms with Gasteiger partial charge in [-0.1, -0.05) is 6.08 Å². The van der Waals surface area contributed by atoms with Gasteiger partial charge in [0.15, 0.2) is 6.04 Å². The first kappa shape index (κ1) is 19.2. The summed E-state index contributed by atoms with van der Waals surface area (Å²) in [5.41, 5.74) is 3.72. The highest BCUT2D eigenvalue weighted by molar-refractivity contribution is 5.92. The van der Waals surface area contributed by atoms with Crippen LogP contribution in [0.25, 0.3) is 5.70 Å². The molecule has 0 radical (unpaired) electrons. The Morgan fingerprint density at radius 3 is 2.84 bits per heavy atom. The van der Waals surface area contributed by atoms with Crippen molar-refractivity contribution >= 4 is 17.9 Å². The number of hydrogen-bond donors (Lipinski definition) is 2. The van der Waals surface area contributed by atoms with Crippen LogP contribution in [0.1, 0.15) is 67.1 Å². The van der Waals surface area contributed by atoms with Crippen molar-refractivity contribution in [3.8, 4) is 0 Å². The van der Waals surface area contributed by atoms with Crippen molar-refractivity contribution in [3.05, 3.63) is 71.7 Å². The molecule has 2 saturated carbocycles. The van der Waals surface area contributed by atoms with Crippen molar-refractivity contribution < 1.29 is 4.79 Å². The van der Waals surface area contributed by atoms with Crippen molar-refractivity contribution in [1.29, 1.82) is 0 Å². The lowest BCUT2D eigenvalue weighted by Crippen LogP contribution is -2.35. The average Bonchev–Trinajstić information content (AvgIpc) is 3.78. The Bertz CT molecular complexity index is 1150. The molecular formula is C24H25N7O. The molecule has 162 valence electrons. The summed E-state index contributed by atoms with van der Waals surface area (Å²) in [4.78, 5) is 21.8. The molecular weight excluding hydrogens is 402 g/mol. The second-order valence-corrected chi connectivity index (χ2v) is 8.88. The van der Waals surface area contributed by atoms with Crippen LogP contribution >= 0.6 is 0 Å². The Balaban J connectivity index is 1.15. The first-order valence-corrected chi connectivity index (χ1v) is 11.3. The highest BCUT2D eigenvalue weighted by Gasteiger charge is 2.29. The Labute approximate surface area is 186 Å². The number of amides is 1. The van der Waals surface area contributed by atoms with E-state index in [0.717, 1.165) is 34.9 Å². The van der Waals surface area contributed by atoms with Crippen molar-refractivity contribution in [2.24, 2.45) is 4.99 Å². The van der Waals surface area contributed by atoms with E-state index in [1.807, 2.05) is 24.7 Å². The summed E-state index contributed by atoms with van der Waals surface area (Å²) in [7, 11) is 0. The van der Waals surface area contributed by atoms with Gasteiger partial charge in [0.25, 0.3) is 5.91 Å². The molecule has 3 aliphatic carbocycles. The smallest absolute Gasteiger partial charge is 0.253 e. The number of rotatable bonds is 6. The van der Waals surface area contributed by atoms with Crippen LogP contribution < -0.4 is 10.6 Å². The zero-order valence-corrected chi connectivity index (χ0v) is 17.7. The molecule has 0 aromatic carbocycles. The molecule has 6 rings (SSSR count). The molecule has 32 heavy (non-hydrogen) atoms. The monoisotopic (exact) mass is 427 g/mol. The third kappa shape index (κ3) is 3.88. The summed E-state index contributed by atoms with van der Waals surface area (Å²) in [6.07, 6.45) is 18.9. The fraction of sp³-hybridized carbons (Fsp3) is 0.375. The molecule has 0 spiro atoms. The number of hydrogen-bond acceptors (Lipinski definition) is 6. The minimum Gasteiger partial charge on any atom is -0.346 e. The van der Waals surface area contributed by atoms with E-state index in [4.69, 9.17) is 0 Å². The molecule has 3 heterocycles. The third-order valence-corrected chi connectivity index (χ3v) is 6.35. The highest BCUT2D eigenvalue weighted by atomic mass is 16.2. The molecule has 2 aromatic rings. The van der Waals surface area contributed by atoms with Gasteiger partial charge in [-0.3, -0.25) is 14.8 Å². The average molecular weight is 428 g/mol. The molecule has 1 amide bonds. The van der Waals surface area contributed by atoms with Gasteiger partial charge in [0.2, 0.25) is 0 Å². The van der Waals surface area contributed by atoms with Crippen LogP contribution in [0.5, 0.6) is 0 Å². The van der Waals surface area contributed by atoms with Crippen LogP contribution in [0, 0.1) is 0 Å². The van der Waals surface area contributed by atoms with Crippen LogP contribution in [0.3, 0.4) is 0 Å². The van der Waals surface area contributed by atoms with Gasteiger partial charge in [-0.2, -0.15) is 0 Å². The largest absolute Gasteiger partial charge is 0.346 e. The number of carbonyl (C=O) groups excluding carboxylic acids is 1. The summed E-state index contributed by atoms with van der Waals surface area (Å²) < 4.78 is 2.18. The molecule has 4 aliphatic rings. The van der Waals surface area contributed by atoms with Crippen molar-refractivity contribution in [2.45, 2.75) is 56.0 Å². The third-order valence-electron chi connectivity index (χ3n) is 6.35. The van der Waals surface area contributed by atoms with E-state index >= 15 is 0 Å². The number of aromatic nitrogens is 4. The molecule has 2 N–H and O–H groups in total. The van der Waals surface area contributed by atoms with Crippen molar-refractivity contribution in [1.82, 2.24) is 30.4 Å². The molecule has 1 aliphatic heterocycles. The Morgan fingerprint density at radius 1 is 1.16 bits per heavy atom. The summed E-state index contributed by atoms with van der Waals surface area (Å²) in [6, 6.07) is 4.06. The fourth-order valence-corrected chi connectivity index (χ4v) is 4.26. The van der Waals surface area contributed by atoms with Gasteiger partial charge in [0.05, 0.1) is 6.34 Å². The topological polar surface area (TPSA) is 97.1 Å². The van der Waals surface area contributed by atoms with E-state index in [2.05, 4.69) is 59.7 Å². The first-order valence-electron chi connectivity index (χ1n) is 11.3. The van der Waals surface area contributed by atoms with E-state index in [0.29, 0.717) is 12.0 Å². The van der Waals surface area contributed by atoms with E-state index in [9.17, 15) is 4.79 Å². The van der Waals surface area contributed by atoms with Gasteiger partial charge < -0.3 is 15.2 Å². The zero-order chi connectivity index (χ0) is 21.5. The molecule has 2 aromatic heterocycles. The lowest BCUT2D eigenvalue weighted by atomic mass is 9.98. The SMILES string of the molecule is O=C(NC1=CC(c2nncn2C2CC2)CC=C1)C1C=C(c2ccc(C3CC3)nc2)NC=N1. The second kappa shape index (κ2) is 7.85. The molecule has 0 bridgehead atoms. The maximum Gasteiger partial charge on any atom is 0.253 e. The van der Waals surface area contributed by atoms with E-state index in [1.54, 1.807) is 6.34 Å². The summed E-state index contributed by atoms with van der Waals surface area (Å²) >= 11 is 0. The molecule has 8 heteroatoms. The lowest BCUT2D eigenvalue weighted by Gasteiger charge is -2.20. The van der Waals surface area contributed by atoms with Crippen molar-refractivity contribution in [2.75, 3.05) is 0 Å². The predicted molar refractivity (Wildman–Crippen MR) is 121 cm³/mol. The highest BCUT2D eigenvalue weighted by Crippen LogP contribution is 2.39. The number of allylic oxidation sites excluding steroid dienone is 3. The van der Waals surface area contributed by atoms with Crippen molar-refractivity contribution in [3.63, 3.8) is 0 Å². The minimum atomic E-state index is -0.598. The van der Waals surface area contributed by atoms with Crippen LogP contribution in [0.4, 0.5) is 0 Å². The van der Waals surface area contributed by atoms with E-state index in [1.165, 1.54) is 25.7 Å². The minimum absolute atomic E-state index is 0.108. The molecule has 8 nitrogen and oxygen atoms in total. The van der Waals surface area contributed by atoms with E-state index in [-0.39, 0.29) is 11.8 Å². The van der Waals surface area contributed by atoms with Gasteiger partial charge in [-0.25, -0.2) is 0 Å².